The van der Waals surface area contributed by atoms with Crippen molar-refractivity contribution in [3.63, 3.8) is 0 Å². The van der Waals surface area contributed by atoms with E-state index in [0.29, 0.717) is 17.6 Å². The predicted octanol–water partition coefficient (Wildman–Crippen LogP) is 4.18. The number of rotatable bonds is 3. The number of carbonyl (C=O) groups is 1. The highest BCUT2D eigenvalue weighted by atomic mass is 16.1. The first-order valence-corrected chi connectivity index (χ1v) is 9.01. The molecule has 1 aliphatic heterocycles. The molecule has 1 N–H and O–H groups in total. The molecule has 0 amide bonds. The van der Waals surface area contributed by atoms with E-state index in [0.717, 1.165) is 23.4 Å². The SMILES string of the molecule is Cc1ccc(-c2nc(C=O)c3c(n2)N(C2CCCC2)C(C)(C)N3)cc1. The Balaban J connectivity index is 1.85. The number of fused-ring (bicyclic) bond motifs is 1. The second-order valence-electron chi connectivity index (χ2n) is 7.61. The maximum atomic E-state index is 11.7. The molecule has 1 aromatic heterocycles. The van der Waals surface area contributed by atoms with E-state index in [1.54, 1.807) is 0 Å². The molecular formula is C20H24N4O. The number of hydrogen-bond donors (Lipinski definition) is 1. The molecule has 5 nitrogen and oxygen atoms in total. The van der Waals surface area contributed by atoms with Gasteiger partial charge < -0.3 is 10.2 Å². The van der Waals surface area contributed by atoms with E-state index < -0.39 is 0 Å². The standard InChI is InChI=1S/C20H24N4O/c1-13-8-10-14(11-9-13)18-21-16(12-25)17-19(22-18)24(20(2,3)23-17)15-6-4-5-7-15/h8-12,15,23H,4-7H2,1-3H3. The quantitative estimate of drug-likeness (QED) is 0.852. The molecule has 130 valence electrons. The van der Waals surface area contributed by atoms with Crippen LogP contribution in [0.3, 0.4) is 0 Å². The minimum atomic E-state index is -0.268. The number of benzene rings is 1. The summed E-state index contributed by atoms with van der Waals surface area (Å²) in [4.78, 5) is 23.5. The van der Waals surface area contributed by atoms with Crippen LogP contribution in [0.2, 0.25) is 0 Å². The number of nitrogens with zero attached hydrogens (tertiary/aromatic N) is 3. The van der Waals surface area contributed by atoms with Gasteiger partial charge in [0.1, 0.15) is 17.0 Å². The number of aryl methyl sites for hydroxylation is 1. The second-order valence-corrected chi connectivity index (χ2v) is 7.61. The molecule has 1 aliphatic carbocycles. The molecule has 0 spiro atoms. The van der Waals surface area contributed by atoms with Crippen LogP contribution in [0.5, 0.6) is 0 Å². The normalized spacial score (nSPS) is 18.9. The number of anilines is 2. The Morgan fingerprint density at radius 3 is 2.48 bits per heavy atom. The van der Waals surface area contributed by atoms with Crippen molar-refractivity contribution in [1.29, 1.82) is 0 Å². The minimum absolute atomic E-state index is 0.268. The third kappa shape index (κ3) is 2.68. The van der Waals surface area contributed by atoms with E-state index in [1.165, 1.54) is 31.2 Å². The van der Waals surface area contributed by atoms with Crippen molar-refractivity contribution in [3.05, 3.63) is 35.5 Å². The molecule has 0 unspecified atom stereocenters. The summed E-state index contributed by atoms with van der Waals surface area (Å²) in [5, 5.41) is 3.48. The van der Waals surface area contributed by atoms with E-state index in [4.69, 9.17) is 4.98 Å². The number of hydrogen-bond acceptors (Lipinski definition) is 5. The fourth-order valence-electron chi connectivity index (χ4n) is 4.10. The maximum Gasteiger partial charge on any atom is 0.170 e. The van der Waals surface area contributed by atoms with Gasteiger partial charge in [-0.3, -0.25) is 4.79 Å². The van der Waals surface area contributed by atoms with Gasteiger partial charge in [-0.2, -0.15) is 0 Å². The van der Waals surface area contributed by atoms with Gasteiger partial charge in [-0.15, -0.1) is 0 Å². The average molecular weight is 336 g/mol. The van der Waals surface area contributed by atoms with Crippen LogP contribution >= 0.6 is 0 Å². The molecule has 0 bridgehead atoms. The second kappa shape index (κ2) is 5.83. The first-order valence-electron chi connectivity index (χ1n) is 9.01. The van der Waals surface area contributed by atoms with Gasteiger partial charge in [0.25, 0.3) is 0 Å². The van der Waals surface area contributed by atoms with Gasteiger partial charge in [-0.25, -0.2) is 9.97 Å². The summed E-state index contributed by atoms with van der Waals surface area (Å²) in [6.07, 6.45) is 5.68. The summed E-state index contributed by atoms with van der Waals surface area (Å²) in [6.45, 7) is 6.35. The van der Waals surface area contributed by atoms with Crippen molar-refractivity contribution >= 4 is 17.8 Å². The van der Waals surface area contributed by atoms with Gasteiger partial charge in [0, 0.05) is 11.6 Å². The first-order chi connectivity index (χ1) is 12.0. The van der Waals surface area contributed by atoms with Crippen molar-refractivity contribution in [2.75, 3.05) is 10.2 Å². The Kier molecular flexibility index (Phi) is 3.74. The molecule has 5 heteroatoms. The lowest BCUT2D eigenvalue weighted by molar-refractivity contribution is 0.112. The summed E-state index contributed by atoms with van der Waals surface area (Å²) in [6, 6.07) is 8.58. The molecule has 1 aromatic carbocycles. The Morgan fingerprint density at radius 2 is 1.84 bits per heavy atom. The number of nitrogens with one attached hydrogen (secondary N) is 1. The van der Waals surface area contributed by atoms with Gasteiger partial charge in [0.15, 0.2) is 17.9 Å². The molecule has 0 atom stereocenters. The minimum Gasteiger partial charge on any atom is -0.358 e. The summed E-state index contributed by atoms with van der Waals surface area (Å²) in [7, 11) is 0. The largest absolute Gasteiger partial charge is 0.358 e. The van der Waals surface area contributed by atoms with E-state index in [-0.39, 0.29) is 5.66 Å². The fraction of sp³-hybridized carbons (Fsp3) is 0.450. The zero-order valence-corrected chi connectivity index (χ0v) is 15.0. The lowest BCUT2D eigenvalue weighted by Crippen LogP contribution is -2.50. The Morgan fingerprint density at radius 1 is 1.16 bits per heavy atom. The van der Waals surface area contributed by atoms with E-state index >= 15 is 0 Å². The third-order valence-corrected chi connectivity index (χ3v) is 5.29. The number of aldehydes is 1. The summed E-state index contributed by atoms with van der Waals surface area (Å²) < 4.78 is 0. The molecule has 4 rings (SSSR count). The fourth-order valence-corrected chi connectivity index (χ4v) is 4.10. The maximum absolute atomic E-state index is 11.7. The highest BCUT2D eigenvalue weighted by Gasteiger charge is 2.43. The van der Waals surface area contributed by atoms with E-state index in [1.807, 2.05) is 24.3 Å². The van der Waals surface area contributed by atoms with Crippen LogP contribution in [0.1, 0.15) is 55.6 Å². The smallest absolute Gasteiger partial charge is 0.170 e. The molecule has 2 aliphatic rings. The van der Waals surface area contributed by atoms with Crippen LogP contribution in [-0.2, 0) is 0 Å². The monoisotopic (exact) mass is 336 g/mol. The molecule has 1 saturated carbocycles. The van der Waals surface area contributed by atoms with E-state index in [9.17, 15) is 4.79 Å². The van der Waals surface area contributed by atoms with Gasteiger partial charge in [0.05, 0.1) is 0 Å². The van der Waals surface area contributed by atoms with Gasteiger partial charge in [0.2, 0.25) is 0 Å². The van der Waals surface area contributed by atoms with Crippen molar-refractivity contribution < 1.29 is 4.79 Å². The number of aromatic nitrogens is 2. The molecule has 1 fully saturated rings. The van der Waals surface area contributed by atoms with Crippen molar-refractivity contribution in [3.8, 4) is 11.4 Å². The molecule has 25 heavy (non-hydrogen) atoms. The molecule has 0 saturated heterocycles. The van der Waals surface area contributed by atoms with Crippen LogP contribution in [0.4, 0.5) is 11.5 Å². The van der Waals surface area contributed by atoms with Gasteiger partial charge in [-0.1, -0.05) is 42.7 Å². The molecular weight excluding hydrogens is 312 g/mol. The lowest BCUT2D eigenvalue weighted by atomic mass is 10.1. The van der Waals surface area contributed by atoms with Gasteiger partial charge in [-0.05, 0) is 33.6 Å². The lowest BCUT2D eigenvalue weighted by Gasteiger charge is -2.37. The highest BCUT2D eigenvalue weighted by Crippen LogP contribution is 2.44. The summed E-state index contributed by atoms with van der Waals surface area (Å²) in [5.41, 5.74) is 3.07. The van der Waals surface area contributed by atoms with Crippen LogP contribution < -0.4 is 10.2 Å². The summed E-state index contributed by atoms with van der Waals surface area (Å²) in [5.74, 6) is 1.48. The van der Waals surface area contributed by atoms with Crippen LogP contribution in [0.25, 0.3) is 11.4 Å². The molecule has 2 aromatic rings. The van der Waals surface area contributed by atoms with Crippen LogP contribution in [0, 0.1) is 6.92 Å². The zero-order chi connectivity index (χ0) is 17.6. The Labute approximate surface area is 148 Å². The Bertz CT molecular complexity index is 807. The Hall–Kier alpha value is -2.43. The van der Waals surface area contributed by atoms with Crippen molar-refractivity contribution in [1.82, 2.24) is 9.97 Å². The predicted molar refractivity (Wildman–Crippen MR) is 100 cm³/mol. The topological polar surface area (TPSA) is 58.1 Å². The van der Waals surface area contributed by atoms with Gasteiger partial charge >= 0.3 is 0 Å². The average Bonchev–Trinajstić information content (AvgIpc) is 3.18. The number of carbonyl (C=O) groups excluding carboxylic acids is 1. The van der Waals surface area contributed by atoms with E-state index in [2.05, 4.69) is 36.0 Å². The van der Waals surface area contributed by atoms with Crippen LogP contribution in [0.15, 0.2) is 24.3 Å². The van der Waals surface area contributed by atoms with Crippen molar-refractivity contribution in [2.45, 2.75) is 58.2 Å². The first kappa shape index (κ1) is 16.1. The zero-order valence-electron chi connectivity index (χ0n) is 15.0. The third-order valence-electron chi connectivity index (χ3n) is 5.29. The summed E-state index contributed by atoms with van der Waals surface area (Å²) >= 11 is 0. The highest BCUT2D eigenvalue weighted by molar-refractivity contribution is 5.91. The molecule has 2 heterocycles. The van der Waals surface area contributed by atoms with Crippen molar-refractivity contribution in [2.24, 2.45) is 0 Å². The molecule has 0 radical (unpaired) electrons. The van der Waals surface area contributed by atoms with Crippen LogP contribution in [-0.4, -0.2) is 28.0 Å².